The summed E-state index contributed by atoms with van der Waals surface area (Å²) in [4.78, 5) is 18.3. The number of thiazole rings is 1. The SMILES string of the molecule is COc1ccc(-c2nc(NC(=O)CCn3c(-c4ccc(C)cc4)n[nH]c3=S)sc2C)cc1. The Morgan fingerprint density at radius 3 is 2.50 bits per heavy atom. The van der Waals surface area contributed by atoms with Crippen LogP contribution in [0.4, 0.5) is 5.13 Å². The van der Waals surface area contributed by atoms with Crippen molar-refractivity contribution in [2.75, 3.05) is 12.4 Å². The summed E-state index contributed by atoms with van der Waals surface area (Å²) in [6.07, 6.45) is 0.253. The Labute approximate surface area is 195 Å². The molecule has 164 valence electrons. The average Bonchev–Trinajstić information content (AvgIpc) is 3.34. The van der Waals surface area contributed by atoms with Crippen LogP contribution in [0.15, 0.2) is 48.5 Å². The van der Waals surface area contributed by atoms with Crippen LogP contribution in [0.5, 0.6) is 5.75 Å². The first-order chi connectivity index (χ1) is 15.4. The molecule has 0 bridgehead atoms. The molecule has 32 heavy (non-hydrogen) atoms. The maximum atomic E-state index is 12.6. The number of H-pyrrole nitrogens is 1. The molecule has 2 aromatic carbocycles. The minimum absolute atomic E-state index is 0.127. The number of benzene rings is 2. The predicted octanol–water partition coefficient (Wildman–Crippen LogP) is 5.39. The number of methoxy groups -OCH3 is 1. The second-order valence-corrected chi connectivity index (χ2v) is 8.91. The second-order valence-electron chi connectivity index (χ2n) is 7.32. The Morgan fingerprint density at radius 1 is 1.12 bits per heavy atom. The Hall–Kier alpha value is -3.30. The number of nitrogens with zero attached hydrogens (tertiary/aromatic N) is 3. The van der Waals surface area contributed by atoms with E-state index in [0.29, 0.717) is 16.4 Å². The van der Waals surface area contributed by atoms with Crippen LogP contribution in [0.25, 0.3) is 22.6 Å². The fraction of sp³-hybridized carbons (Fsp3) is 0.217. The molecule has 0 saturated heterocycles. The highest BCUT2D eigenvalue weighted by atomic mass is 32.1. The standard InChI is InChI=1S/C23H23N5O2S2/c1-14-4-6-17(7-5-14)21-26-27-23(31)28(21)13-12-19(29)24-22-25-20(15(2)32-22)16-8-10-18(30-3)11-9-16/h4-11H,12-13H2,1-3H3,(H,27,31)(H,24,25,29). The number of carbonyl (C=O) groups is 1. The van der Waals surface area contributed by atoms with Crippen molar-refractivity contribution >= 4 is 34.6 Å². The lowest BCUT2D eigenvalue weighted by Crippen LogP contribution is -2.15. The van der Waals surface area contributed by atoms with Crippen molar-refractivity contribution in [2.45, 2.75) is 26.8 Å². The Bertz CT molecular complexity index is 1290. The number of anilines is 1. The van der Waals surface area contributed by atoms with Crippen molar-refractivity contribution in [3.8, 4) is 28.4 Å². The van der Waals surface area contributed by atoms with Crippen molar-refractivity contribution in [1.82, 2.24) is 19.7 Å². The molecule has 0 aliphatic carbocycles. The van der Waals surface area contributed by atoms with E-state index in [-0.39, 0.29) is 12.3 Å². The van der Waals surface area contributed by atoms with Crippen molar-refractivity contribution < 1.29 is 9.53 Å². The largest absolute Gasteiger partial charge is 0.497 e. The van der Waals surface area contributed by atoms with Crippen LogP contribution in [0, 0.1) is 18.6 Å². The van der Waals surface area contributed by atoms with Gasteiger partial charge in [0.05, 0.1) is 12.8 Å². The molecule has 1 amide bonds. The van der Waals surface area contributed by atoms with E-state index in [9.17, 15) is 4.79 Å². The molecule has 0 unspecified atom stereocenters. The van der Waals surface area contributed by atoms with E-state index in [1.54, 1.807) is 7.11 Å². The first-order valence-corrected chi connectivity index (χ1v) is 11.3. The summed E-state index contributed by atoms with van der Waals surface area (Å²) >= 11 is 6.82. The van der Waals surface area contributed by atoms with Gasteiger partial charge < -0.3 is 10.1 Å². The van der Waals surface area contributed by atoms with Crippen molar-refractivity contribution in [3.63, 3.8) is 0 Å². The summed E-state index contributed by atoms with van der Waals surface area (Å²) in [6, 6.07) is 15.7. The van der Waals surface area contributed by atoms with Crippen molar-refractivity contribution in [3.05, 3.63) is 63.7 Å². The average molecular weight is 466 g/mol. The van der Waals surface area contributed by atoms with Crippen LogP contribution in [0.3, 0.4) is 0 Å². The topological polar surface area (TPSA) is 84.8 Å². The molecule has 0 fully saturated rings. The van der Waals surface area contributed by atoms with Crippen LogP contribution in [-0.2, 0) is 11.3 Å². The summed E-state index contributed by atoms with van der Waals surface area (Å²) in [5.74, 6) is 1.38. The smallest absolute Gasteiger partial charge is 0.227 e. The Balaban J connectivity index is 1.44. The number of aryl methyl sites for hydroxylation is 2. The maximum Gasteiger partial charge on any atom is 0.227 e. The summed E-state index contributed by atoms with van der Waals surface area (Å²) in [6.45, 7) is 4.44. The third-order valence-corrected chi connectivity index (χ3v) is 6.23. The van der Waals surface area contributed by atoms with Gasteiger partial charge in [0.1, 0.15) is 5.75 Å². The molecule has 2 N–H and O–H groups in total. The number of hydrogen-bond acceptors (Lipinski definition) is 6. The molecule has 9 heteroatoms. The van der Waals surface area contributed by atoms with Gasteiger partial charge in [0.25, 0.3) is 0 Å². The first kappa shape index (κ1) is 21.9. The number of rotatable bonds is 7. The van der Waals surface area contributed by atoms with Gasteiger partial charge >= 0.3 is 0 Å². The molecule has 0 radical (unpaired) electrons. The van der Waals surface area contributed by atoms with E-state index in [4.69, 9.17) is 17.0 Å². The maximum absolute atomic E-state index is 12.6. The zero-order chi connectivity index (χ0) is 22.7. The van der Waals surface area contributed by atoms with Crippen LogP contribution in [-0.4, -0.2) is 32.8 Å². The van der Waals surface area contributed by atoms with Gasteiger partial charge in [0.15, 0.2) is 15.7 Å². The molecule has 0 spiro atoms. The Morgan fingerprint density at radius 2 is 1.81 bits per heavy atom. The molecular weight excluding hydrogens is 442 g/mol. The monoisotopic (exact) mass is 465 g/mol. The number of aromatic nitrogens is 4. The number of amides is 1. The summed E-state index contributed by atoms with van der Waals surface area (Å²) in [5.41, 5.74) is 3.95. The second kappa shape index (κ2) is 9.46. The van der Waals surface area contributed by atoms with Crippen LogP contribution >= 0.6 is 23.6 Å². The van der Waals surface area contributed by atoms with Gasteiger partial charge in [-0.1, -0.05) is 29.8 Å². The fourth-order valence-corrected chi connectivity index (χ4v) is 4.39. The number of carbonyl (C=O) groups excluding carboxylic acids is 1. The summed E-state index contributed by atoms with van der Waals surface area (Å²) in [7, 11) is 1.64. The number of nitrogens with one attached hydrogen (secondary N) is 2. The third-order valence-electron chi connectivity index (χ3n) is 5.04. The molecule has 7 nitrogen and oxygen atoms in total. The quantitative estimate of drug-likeness (QED) is 0.358. The first-order valence-electron chi connectivity index (χ1n) is 10.1. The fourth-order valence-electron chi connectivity index (χ4n) is 3.31. The molecule has 2 aromatic heterocycles. The minimum Gasteiger partial charge on any atom is -0.497 e. The normalized spacial score (nSPS) is 10.8. The van der Waals surface area contributed by atoms with E-state index < -0.39 is 0 Å². The van der Waals surface area contributed by atoms with Crippen molar-refractivity contribution in [1.29, 1.82) is 0 Å². The lowest BCUT2D eigenvalue weighted by molar-refractivity contribution is -0.116. The number of aromatic amines is 1. The predicted molar refractivity (Wildman–Crippen MR) is 130 cm³/mol. The van der Waals surface area contributed by atoms with E-state index in [0.717, 1.165) is 33.3 Å². The zero-order valence-electron chi connectivity index (χ0n) is 18.0. The molecule has 0 aliphatic rings. The van der Waals surface area contributed by atoms with Gasteiger partial charge in [0, 0.05) is 29.0 Å². The van der Waals surface area contributed by atoms with Gasteiger partial charge in [-0.3, -0.25) is 14.5 Å². The van der Waals surface area contributed by atoms with Crippen molar-refractivity contribution in [2.24, 2.45) is 0 Å². The number of ether oxygens (including phenoxy) is 1. The van der Waals surface area contributed by atoms with E-state index >= 15 is 0 Å². The lowest BCUT2D eigenvalue weighted by Gasteiger charge is -2.07. The summed E-state index contributed by atoms with van der Waals surface area (Å²) < 4.78 is 7.54. The molecule has 4 rings (SSSR count). The van der Waals surface area contributed by atoms with Gasteiger partial charge in [-0.2, -0.15) is 5.10 Å². The molecule has 4 aromatic rings. The molecular formula is C23H23N5O2S2. The summed E-state index contributed by atoms with van der Waals surface area (Å²) in [5, 5.41) is 10.6. The van der Waals surface area contributed by atoms with Crippen LogP contribution < -0.4 is 10.1 Å². The Kier molecular flexibility index (Phi) is 6.48. The highest BCUT2D eigenvalue weighted by Crippen LogP contribution is 2.31. The van der Waals surface area contributed by atoms with Crippen LogP contribution in [0.2, 0.25) is 0 Å². The van der Waals surface area contributed by atoms with E-state index in [2.05, 4.69) is 20.5 Å². The van der Waals surface area contributed by atoms with Gasteiger partial charge in [-0.05, 0) is 50.3 Å². The molecule has 0 atom stereocenters. The van der Waals surface area contributed by atoms with E-state index in [1.165, 1.54) is 16.9 Å². The lowest BCUT2D eigenvalue weighted by atomic mass is 10.1. The third kappa shape index (κ3) is 4.79. The highest BCUT2D eigenvalue weighted by Gasteiger charge is 2.14. The molecule has 0 aliphatic heterocycles. The van der Waals surface area contributed by atoms with E-state index in [1.807, 2.05) is 66.9 Å². The highest BCUT2D eigenvalue weighted by molar-refractivity contribution is 7.71. The molecule has 2 heterocycles. The van der Waals surface area contributed by atoms with Gasteiger partial charge in [0.2, 0.25) is 5.91 Å². The number of hydrogen-bond donors (Lipinski definition) is 2. The minimum atomic E-state index is -0.127. The van der Waals surface area contributed by atoms with Gasteiger partial charge in [-0.25, -0.2) is 4.98 Å². The van der Waals surface area contributed by atoms with Crippen LogP contribution in [0.1, 0.15) is 16.9 Å². The van der Waals surface area contributed by atoms with Gasteiger partial charge in [-0.15, -0.1) is 11.3 Å². The molecule has 0 saturated carbocycles. The zero-order valence-corrected chi connectivity index (χ0v) is 19.6.